The summed E-state index contributed by atoms with van der Waals surface area (Å²) in [6.45, 7) is 5.19. The van der Waals surface area contributed by atoms with Gasteiger partial charge in [-0.05, 0) is 45.3 Å². The van der Waals surface area contributed by atoms with E-state index in [1.54, 1.807) is 0 Å². The number of rotatable bonds is 17. The standard InChI is InChI=1S/C18H41N3/c1-2-3-4-5-6-7-8-9-10-13-18(20)14-11-16-21-17-12-15-19/h18,21H,2-17,19-20H2,1H3. The molecule has 1 unspecified atom stereocenters. The van der Waals surface area contributed by atoms with Gasteiger partial charge >= 0.3 is 0 Å². The van der Waals surface area contributed by atoms with Crippen LogP contribution in [0.15, 0.2) is 0 Å². The quantitative estimate of drug-likeness (QED) is 0.356. The summed E-state index contributed by atoms with van der Waals surface area (Å²) in [5, 5.41) is 3.41. The summed E-state index contributed by atoms with van der Waals surface area (Å²) in [6, 6.07) is 0.408. The van der Waals surface area contributed by atoms with Crippen molar-refractivity contribution in [3.63, 3.8) is 0 Å². The van der Waals surface area contributed by atoms with Crippen LogP contribution in [0.4, 0.5) is 0 Å². The first-order valence-electron chi connectivity index (χ1n) is 9.47. The second-order valence-corrected chi connectivity index (χ2v) is 6.41. The van der Waals surface area contributed by atoms with Gasteiger partial charge in [-0.25, -0.2) is 0 Å². The minimum Gasteiger partial charge on any atom is -0.330 e. The fourth-order valence-corrected chi connectivity index (χ4v) is 2.70. The Hall–Kier alpha value is -0.120. The molecule has 0 radical (unpaired) electrons. The van der Waals surface area contributed by atoms with Gasteiger partial charge in [-0.2, -0.15) is 0 Å². The van der Waals surface area contributed by atoms with Gasteiger partial charge in [-0.3, -0.25) is 0 Å². The van der Waals surface area contributed by atoms with Crippen LogP contribution in [0.3, 0.4) is 0 Å². The van der Waals surface area contributed by atoms with E-state index in [1.165, 1.54) is 70.6 Å². The van der Waals surface area contributed by atoms with Crippen LogP contribution in [0.5, 0.6) is 0 Å². The maximum Gasteiger partial charge on any atom is 0.00393 e. The Kier molecular flexibility index (Phi) is 17.8. The number of nitrogens with one attached hydrogen (secondary N) is 1. The number of hydrogen-bond acceptors (Lipinski definition) is 3. The Bertz CT molecular complexity index is 185. The molecular formula is C18H41N3. The molecule has 0 saturated heterocycles. The van der Waals surface area contributed by atoms with Crippen LogP contribution in [0.1, 0.15) is 90.4 Å². The van der Waals surface area contributed by atoms with Crippen molar-refractivity contribution >= 4 is 0 Å². The third-order valence-electron chi connectivity index (χ3n) is 4.16. The van der Waals surface area contributed by atoms with E-state index in [0.717, 1.165) is 32.5 Å². The van der Waals surface area contributed by atoms with E-state index in [2.05, 4.69) is 12.2 Å². The van der Waals surface area contributed by atoms with Gasteiger partial charge in [0.15, 0.2) is 0 Å². The van der Waals surface area contributed by atoms with Crippen molar-refractivity contribution in [2.75, 3.05) is 19.6 Å². The van der Waals surface area contributed by atoms with Gasteiger partial charge in [0, 0.05) is 6.04 Å². The van der Waals surface area contributed by atoms with E-state index in [0.29, 0.717) is 6.04 Å². The molecule has 0 aliphatic rings. The maximum atomic E-state index is 6.16. The molecule has 3 nitrogen and oxygen atoms in total. The van der Waals surface area contributed by atoms with Crippen molar-refractivity contribution in [2.45, 2.75) is 96.4 Å². The molecule has 5 N–H and O–H groups in total. The lowest BCUT2D eigenvalue weighted by atomic mass is 10.0. The molecule has 0 rings (SSSR count). The topological polar surface area (TPSA) is 64.1 Å². The van der Waals surface area contributed by atoms with E-state index in [9.17, 15) is 0 Å². The first-order chi connectivity index (χ1) is 10.3. The van der Waals surface area contributed by atoms with Crippen molar-refractivity contribution in [3.05, 3.63) is 0 Å². The molecule has 0 aromatic heterocycles. The third-order valence-corrected chi connectivity index (χ3v) is 4.16. The number of unbranched alkanes of at least 4 members (excludes halogenated alkanes) is 8. The summed E-state index contributed by atoms with van der Waals surface area (Å²) in [5.41, 5.74) is 11.6. The van der Waals surface area contributed by atoms with Gasteiger partial charge in [0.2, 0.25) is 0 Å². The molecule has 0 amide bonds. The lowest BCUT2D eigenvalue weighted by Crippen LogP contribution is -2.24. The zero-order valence-corrected chi connectivity index (χ0v) is 14.5. The van der Waals surface area contributed by atoms with E-state index >= 15 is 0 Å². The van der Waals surface area contributed by atoms with E-state index in [4.69, 9.17) is 11.5 Å². The van der Waals surface area contributed by atoms with E-state index in [-0.39, 0.29) is 0 Å². The van der Waals surface area contributed by atoms with Crippen molar-refractivity contribution in [1.82, 2.24) is 5.32 Å². The molecule has 3 heteroatoms. The van der Waals surface area contributed by atoms with Gasteiger partial charge in [-0.1, -0.05) is 64.7 Å². The van der Waals surface area contributed by atoms with Crippen molar-refractivity contribution in [2.24, 2.45) is 11.5 Å². The molecule has 1 atom stereocenters. The van der Waals surface area contributed by atoms with E-state index in [1.807, 2.05) is 0 Å². The highest BCUT2D eigenvalue weighted by molar-refractivity contribution is 4.63. The molecule has 0 saturated carbocycles. The minimum atomic E-state index is 0.408. The molecule has 0 spiro atoms. The first kappa shape index (κ1) is 20.9. The summed E-state index contributed by atoms with van der Waals surface area (Å²) in [6.07, 6.45) is 17.2. The van der Waals surface area contributed by atoms with Crippen molar-refractivity contribution in [1.29, 1.82) is 0 Å². The number of nitrogens with two attached hydrogens (primary N) is 2. The molecule has 21 heavy (non-hydrogen) atoms. The summed E-state index contributed by atoms with van der Waals surface area (Å²) in [7, 11) is 0. The summed E-state index contributed by atoms with van der Waals surface area (Å²) in [4.78, 5) is 0. The predicted molar refractivity (Wildman–Crippen MR) is 95.6 cm³/mol. The van der Waals surface area contributed by atoms with Crippen LogP contribution in [-0.2, 0) is 0 Å². The summed E-state index contributed by atoms with van der Waals surface area (Å²) < 4.78 is 0. The molecule has 0 bridgehead atoms. The lowest BCUT2D eigenvalue weighted by molar-refractivity contribution is 0.487. The number of hydrogen-bond donors (Lipinski definition) is 3. The molecule has 0 aromatic rings. The summed E-state index contributed by atoms with van der Waals surface area (Å²) in [5.74, 6) is 0. The molecule has 128 valence electrons. The van der Waals surface area contributed by atoms with Gasteiger partial charge in [-0.15, -0.1) is 0 Å². The Balaban J connectivity index is 3.10. The second kappa shape index (κ2) is 17.9. The van der Waals surface area contributed by atoms with Crippen LogP contribution < -0.4 is 16.8 Å². The highest BCUT2D eigenvalue weighted by Gasteiger charge is 2.02. The SMILES string of the molecule is CCCCCCCCCCCC(N)CCCNCCCN. The molecule has 0 aromatic carbocycles. The van der Waals surface area contributed by atoms with Gasteiger partial charge in [0.1, 0.15) is 0 Å². The highest BCUT2D eigenvalue weighted by atomic mass is 14.8. The fraction of sp³-hybridized carbons (Fsp3) is 1.00. The molecular weight excluding hydrogens is 258 g/mol. The van der Waals surface area contributed by atoms with Crippen LogP contribution >= 0.6 is 0 Å². The molecule has 0 heterocycles. The Labute approximate surface area is 133 Å². The minimum absolute atomic E-state index is 0.408. The van der Waals surface area contributed by atoms with Crippen LogP contribution in [-0.4, -0.2) is 25.7 Å². The average molecular weight is 300 g/mol. The lowest BCUT2D eigenvalue weighted by Gasteiger charge is -2.11. The maximum absolute atomic E-state index is 6.16. The largest absolute Gasteiger partial charge is 0.330 e. The average Bonchev–Trinajstić information content (AvgIpc) is 2.49. The van der Waals surface area contributed by atoms with Crippen LogP contribution in [0, 0.1) is 0 Å². The Morgan fingerprint density at radius 2 is 1.24 bits per heavy atom. The first-order valence-corrected chi connectivity index (χ1v) is 9.47. The summed E-state index contributed by atoms with van der Waals surface area (Å²) >= 11 is 0. The van der Waals surface area contributed by atoms with Gasteiger partial charge in [0.05, 0.1) is 0 Å². The zero-order chi connectivity index (χ0) is 15.6. The van der Waals surface area contributed by atoms with Crippen molar-refractivity contribution < 1.29 is 0 Å². The third kappa shape index (κ3) is 17.8. The van der Waals surface area contributed by atoms with Gasteiger partial charge < -0.3 is 16.8 Å². The molecule has 0 fully saturated rings. The highest BCUT2D eigenvalue weighted by Crippen LogP contribution is 2.12. The monoisotopic (exact) mass is 299 g/mol. The predicted octanol–water partition coefficient (Wildman–Crippen LogP) is 3.95. The Morgan fingerprint density at radius 3 is 1.86 bits per heavy atom. The second-order valence-electron chi connectivity index (χ2n) is 6.41. The van der Waals surface area contributed by atoms with E-state index < -0.39 is 0 Å². The van der Waals surface area contributed by atoms with Gasteiger partial charge in [0.25, 0.3) is 0 Å². The van der Waals surface area contributed by atoms with Crippen molar-refractivity contribution in [3.8, 4) is 0 Å². The molecule has 0 aliphatic heterocycles. The molecule has 0 aliphatic carbocycles. The Morgan fingerprint density at radius 1 is 0.714 bits per heavy atom. The fourth-order valence-electron chi connectivity index (χ4n) is 2.70. The normalized spacial score (nSPS) is 12.7. The smallest absolute Gasteiger partial charge is 0.00393 e. The zero-order valence-electron chi connectivity index (χ0n) is 14.5. The van der Waals surface area contributed by atoms with Crippen LogP contribution in [0.25, 0.3) is 0 Å². The van der Waals surface area contributed by atoms with Crippen LogP contribution in [0.2, 0.25) is 0 Å².